The summed E-state index contributed by atoms with van der Waals surface area (Å²) >= 11 is 0. The molecule has 0 unspecified atom stereocenters. The first-order valence-electron chi connectivity index (χ1n) is 7.18. The van der Waals surface area contributed by atoms with Gasteiger partial charge in [-0.05, 0) is 24.1 Å². The third-order valence-corrected chi connectivity index (χ3v) is 3.79. The fourth-order valence-corrected chi connectivity index (χ4v) is 2.42. The van der Waals surface area contributed by atoms with Gasteiger partial charge in [0.1, 0.15) is 0 Å². The van der Waals surface area contributed by atoms with Gasteiger partial charge in [-0.25, -0.2) is 0 Å². The van der Waals surface area contributed by atoms with Crippen LogP contribution in [0.4, 0.5) is 0 Å². The highest BCUT2D eigenvalue weighted by Gasteiger charge is 2.17. The SMILES string of the molecule is COC(=O)CCN1CCN(CCc2ccncc2)CC1. The molecule has 5 nitrogen and oxygen atoms in total. The van der Waals surface area contributed by atoms with E-state index in [0.29, 0.717) is 6.42 Å². The van der Waals surface area contributed by atoms with Crippen LogP contribution >= 0.6 is 0 Å². The van der Waals surface area contributed by atoms with E-state index in [9.17, 15) is 4.79 Å². The zero-order valence-electron chi connectivity index (χ0n) is 12.1. The van der Waals surface area contributed by atoms with Crippen molar-refractivity contribution in [1.29, 1.82) is 0 Å². The minimum absolute atomic E-state index is 0.120. The normalized spacial score (nSPS) is 17.1. The first-order valence-corrected chi connectivity index (χ1v) is 7.18. The first-order chi connectivity index (χ1) is 9.78. The number of ether oxygens (including phenoxy) is 1. The molecule has 1 saturated heterocycles. The second-order valence-electron chi connectivity index (χ2n) is 5.11. The Hall–Kier alpha value is -1.46. The van der Waals surface area contributed by atoms with Crippen LogP contribution in [0.25, 0.3) is 0 Å². The predicted molar refractivity (Wildman–Crippen MR) is 77.5 cm³/mol. The topological polar surface area (TPSA) is 45.7 Å². The zero-order valence-corrected chi connectivity index (χ0v) is 12.1. The second kappa shape index (κ2) is 7.97. The Balaban J connectivity index is 1.63. The third-order valence-electron chi connectivity index (χ3n) is 3.79. The Morgan fingerprint density at radius 2 is 1.75 bits per heavy atom. The quantitative estimate of drug-likeness (QED) is 0.720. The molecule has 1 aromatic heterocycles. The van der Waals surface area contributed by atoms with Crippen LogP contribution in [0, 0.1) is 0 Å². The van der Waals surface area contributed by atoms with Gasteiger partial charge in [-0.3, -0.25) is 9.78 Å². The summed E-state index contributed by atoms with van der Waals surface area (Å²) in [5.41, 5.74) is 1.34. The van der Waals surface area contributed by atoms with Crippen molar-refractivity contribution in [3.05, 3.63) is 30.1 Å². The van der Waals surface area contributed by atoms with Gasteiger partial charge in [0.25, 0.3) is 0 Å². The number of piperazine rings is 1. The van der Waals surface area contributed by atoms with Gasteiger partial charge in [0.05, 0.1) is 13.5 Å². The van der Waals surface area contributed by atoms with E-state index in [4.69, 9.17) is 0 Å². The lowest BCUT2D eigenvalue weighted by atomic mass is 10.2. The van der Waals surface area contributed by atoms with Crippen LogP contribution in [0.3, 0.4) is 0 Å². The highest BCUT2D eigenvalue weighted by molar-refractivity contribution is 5.69. The van der Waals surface area contributed by atoms with E-state index in [1.807, 2.05) is 12.4 Å². The number of hydrogen-bond donors (Lipinski definition) is 0. The average Bonchev–Trinajstić information content (AvgIpc) is 2.52. The smallest absolute Gasteiger partial charge is 0.306 e. The number of carbonyl (C=O) groups excluding carboxylic acids is 1. The van der Waals surface area contributed by atoms with Gasteiger partial charge in [-0.15, -0.1) is 0 Å². The molecule has 0 N–H and O–H groups in total. The largest absolute Gasteiger partial charge is 0.469 e. The van der Waals surface area contributed by atoms with E-state index in [-0.39, 0.29) is 5.97 Å². The molecular formula is C15H23N3O2. The van der Waals surface area contributed by atoms with Crippen molar-refractivity contribution >= 4 is 5.97 Å². The molecule has 1 aliphatic rings. The molecule has 0 radical (unpaired) electrons. The van der Waals surface area contributed by atoms with Crippen molar-refractivity contribution in [2.45, 2.75) is 12.8 Å². The van der Waals surface area contributed by atoms with E-state index in [0.717, 1.165) is 45.7 Å². The second-order valence-corrected chi connectivity index (χ2v) is 5.11. The zero-order chi connectivity index (χ0) is 14.2. The minimum Gasteiger partial charge on any atom is -0.469 e. The van der Waals surface area contributed by atoms with Crippen LogP contribution < -0.4 is 0 Å². The summed E-state index contributed by atoms with van der Waals surface area (Å²) in [6.07, 6.45) is 5.26. The van der Waals surface area contributed by atoms with Crippen LogP contribution in [0.5, 0.6) is 0 Å². The molecule has 0 spiro atoms. The van der Waals surface area contributed by atoms with E-state index in [2.05, 4.69) is 31.7 Å². The Labute approximate surface area is 120 Å². The van der Waals surface area contributed by atoms with Crippen molar-refractivity contribution in [3.8, 4) is 0 Å². The van der Waals surface area contributed by atoms with Crippen LogP contribution in [0.15, 0.2) is 24.5 Å². The molecule has 1 fully saturated rings. The number of hydrogen-bond acceptors (Lipinski definition) is 5. The summed E-state index contributed by atoms with van der Waals surface area (Å²) in [7, 11) is 1.44. The van der Waals surface area contributed by atoms with Crippen LogP contribution in [-0.2, 0) is 16.0 Å². The van der Waals surface area contributed by atoms with Gasteiger partial charge in [-0.1, -0.05) is 0 Å². The van der Waals surface area contributed by atoms with Gasteiger partial charge in [-0.2, -0.15) is 0 Å². The molecule has 20 heavy (non-hydrogen) atoms. The fraction of sp³-hybridized carbons (Fsp3) is 0.600. The van der Waals surface area contributed by atoms with E-state index < -0.39 is 0 Å². The number of carbonyl (C=O) groups is 1. The fourth-order valence-electron chi connectivity index (χ4n) is 2.42. The van der Waals surface area contributed by atoms with Crippen molar-refractivity contribution < 1.29 is 9.53 Å². The molecule has 2 rings (SSSR count). The first kappa shape index (κ1) is 14.9. The average molecular weight is 277 g/mol. The molecule has 0 bridgehead atoms. The number of pyridine rings is 1. The molecule has 1 aromatic rings. The van der Waals surface area contributed by atoms with Crippen LogP contribution in [0.1, 0.15) is 12.0 Å². The summed E-state index contributed by atoms with van der Waals surface area (Å²) in [6, 6.07) is 4.15. The van der Waals surface area contributed by atoms with Crippen molar-refractivity contribution in [3.63, 3.8) is 0 Å². The molecule has 5 heteroatoms. The van der Waals surface area contributed by atoms with Crippen molar-refractivity contribution in [1.82, 2.24) is 14.8 Å². The maximum Gasteiger partial charge on any atom is 0.306 e. The molecule has 110 valence electrons. The molecule has 0 atom stereocenters. The molecule has 0 aromatic carbocycles. The monoisotopic (exact) mass is 277 g/mol. The van der Waals surface area contributed by atoms with Gasteiger partial charge in [0.15, 0.2) is 0 Å². The summed E-state index contributed by atoms with van der Waals surface area (Å²) in [5, 5.41) is 0. The highest BCUT2D eigenvalue weighted by atomic mass is 16.5. The van der Waals surface area contributed by atoms with E-state index in [1.54, 1.807) is 0 Å². The molecule has 0 aliphatic carbocycles. The number of nitrogens with zero attached hydrogens (tertiary/aromatic N) is 3. The molecular weight excluding hydrogens is 254 g/mol. The van der Waals surface area contributed by atoms with E-state index >= 15 is 0 Å². The Kier molecular flexibility index (Phi) is 5.95. The van der Waals surface area contributed by atoms with E-state index in [1.165, 1.54) is 12.7 Å². The number of aromatic nitrogens is 1. The highest BCUT2D eigenvalue weighted by Crippen LogP contribution is 2.05. The Morgan fingerprint density at radius 1 is 1.15 bits per heavy atom. The predicted octanol–water partition coefficient (Wildman–Crippen LogP) is 0.805. The number of methoxy groups -OCH3 is 1. The van der Waals surface area contributed by atoms with Crippen molar-refractivity contribution in [2.75, 3.05) is 46.4 Å². The Bertz CT molecular complexity index is 403. The summed E-state index contributed by atoms with van der Waals surface area (Å²) in [4.78, 5) is 20.0. The molecule has 0 amide bonds. The third kappa shape index (κ3) is 4.90. The number of esters is 1. The Morgan fingerprint density at radius 3 is 2.35 bits per heavy atom. The molecule has 2 heterocycles. The van der Waals surface area contributed by atoms with Gasteiger partial charge < -0.3 is 14.5 Å². The van der Waals surface area contributed by atoms with Crippen molar-refractivity contribution in [2.24, 2.45) is 0 Å². The number of rotatable bonds is 6. The lowest BCUT2D eigenvalue weighted by Gasteiger charge is -2.34. The van der Waals surface area contributed by atoms with Crippen LogP contribution in [-0.4, -0.2) is 67.1 Å². The van der Waals surface area contributed by atoms with Crippen LogP contribution in [0.2, 0.25) is 0 Å². The van der Waals surface area contributed by atoms with Gasteiger partial charge in [0.2, 0.25) is 0 Å². The summed E-state index contributed by atoms with van der Waals surface area (Å²) in [5.74, 6) is -0.120. The molecule has 0 saturated carbocycles. The molecule has 1 aliphatic heterocycles. The summed E-state index contributed by atoms with van der Waals surface area (Å²) in [6.45, 7) is 6.12. The maximum atomic E-state index is 11.1. The van der Waals surface area contributed by atoms with Gasteiger partial charge >= 0.3 is 5.97 Å². The lowest BCUT2D eigenvalue weighted by molar-refractivity contribution is -0.141. The standard InChI is InChI=1S/C15H23N3O2/c1-20-15(19)5-9-18-12-10-17(11-13-18)8-4-14-2-6-16-7-3-14/h2-3,6-7H,4-5,8-13H2,1H3. The van der Waals surface area contributed by atoms with Gasteiger partial charge in [0, 0.05) is 51.7 Å². The minimum atomic E-state index is -0.120. The lowest BCUT2D eigenvalue weighted by Crippen LogP contribution is -2.47. The maximum absolute atomic E-state index is 11.1. The summed E-state index contributed by atoms with van der Waals surface area (Å²) < 4.78 is 4.67.